The van der Waals surface area contributed by atoms with E-state index in [1.165, 1.54) is 14.2 Å². The predicted molar refractivity (Wildman–Crippen MR) is 43.9 cm³/mol. The number of carbonyl (C=O) groups is 1. The molecule has 0 unspecified atom stereocenters. The molecule has 0 spiro atoms. The molecule has 0 rings (SSSR count). The molecule has 0 aliphatic heterocycles. The standard InChI is InChI=1S/C8H16O4/c1-4-5-12-6-7(9)8(10-2)11-3/h8H,4-6H2,1-3H3. The Hall–Kier alpha value is -0.450. The molecule has 4 heteroatoms. The molecule has 0 saturated heterocycles. The number of hydrogen-bond acceptors (Lipinski definition) is 4. The maximum absolute atomic E-state index is 11.1. The Morgan fingerprint density at radius 2 is 1.92 bits per heavy atom. The summed E-state index contributed by atoms with van der Waals surface area (Å²) in [4.78, 5) is 11.1. The summed E-state index contributed by atoms with van der Waals surface area (Å²) in [5, 5.41) is 0. The predicted octanol–water partition coefficient (Wildman–Crippen LogP) is 0.601. The maximum Gasteiger partial charge on any atom is 0.219 e. The summed E-state index contributed by atoms with van der Waals surface area (Å²) in [6, 6.07) is 0. The lowest BCUT2D eigenvalue weighted by Gasteiger charge is -2.11. The summed E-state index contributed by atoms with van der Waals surface area (Å²) in [5.74, 6) is -0.187. The smallest absolute Gasteiger partial charge is 0.219 e. The molecule has 0 heterocycles. The maximum atomic E-state index is 11.1. The van der Waals surface area contributed by atoms with Crippen LogP contribution in [0.2, 0.25) is 0 Å². The van der Waals surface area contributed by atoms with Gasteiger partial charge in [0, 0.05) is 20.8 Å². The fraction of sp³-hybridized carbons (Fsp3) is 0.875. The van der Waals surface area contributed by atoms with Crippen LogP contribution >= 0.6 is 0 Å². The highest BCUT2D eigenvalue weighted by Gasteiger charge is 2.15. The van der Waals surface area contributed by atoms with Crippen LogP contribution in [0.4, 0.5) is 0 Å². The van der Waals surface area contributed by atoms with E-state index >= 15 is 0 Å². The SMILES string of the molecule is CCCOCC(=O)C(OC)OC. The Balaban J connectivity index is 3.54. The molecule has 0 aromatic heterocycles. The highest BCUT2D eigenvalue weighted by atomic mass is 16.7. The summed E-state index contributed by atoms with van der Waals surface area (Å²) < 4.78 is 14.5. The molecule has 12 heavy (non-hydrogen) atoms. The molecule has 0 aliphatic carbocycles. The van der Waals surface area contributed by atoms with Gasteiger partial charge in [-0.1, -0.05) is 6.92 Å². The van der Waals surface area contributed by atoms with E-state index in [9.17, 15) is 4.79 Å². The third-order valence-electron chi connectivity index (χ3n) is 1.28. The van der Waals surface area contributed by atoms with Crippen molar-refractivity contribution in [3.8, 4) is 0 Å². The minimum atomic E-state index is -0.790. The van der Waals surface area contributed by atoms with Crippen molar-refractivity contribution >= 4 is 5.78 Å². The fourth-order valence-electron chi connectivity index (χ4n) is 0.744. The zero-order chi connectivity index (χ0) is 9.40. The number of carbonyl (C=O) groups excluding carboxylic acids is 1. The van der Waals surface area contributed by atoms with Crippen LogP contribution in [0.5, 0.6) is 0 Å². The van der Waals surface area contributed by atoms with Crippen LogP contribution in [0.25, 0.3) is 0 Å². The van der Waals surface area contributed by atoms with E-state index in [2.05, 4.69) is 0 Å². The van der Waals surface area contributed by atoms with Gasteiger partial charge in [-0.15, -0.1) is 0 Å². The topological polar surface area (TPSA) is 44.8 Å². The van der Waals surface area contributed by atoms with Gasteiger partial charge in [-0.05, 0) is 6.42 Å². The second kappa shape index (κ2) is 7.21. The molecular weight excluding hydrogens is 160 g/mol. The Bertz CT molecular complexity index is 120. The molecule has 0 bridgehead atoms. The molecule has 0 aliphatic rings. The van der Waals surface area contributed by atoms with Gasteiger partial charge in [0.1, 0.15) is 6.61 Å². The van der Waals surface area contributed by atoms with E-state index in [1.54, 1.807) is 0 Å². The molecular formula is C8H16O4. The summed E-state index contributed by atoms with van der Waals surface area (Å²) >= 11 is 0. The van der Waals surface area contributed by atoms with Gasteiger partial charge in [-0.3, -0.25) is 4.79 Å². The Morgan fingerprint density at radius 1 is 1.33 bits per heavy atom. The minimum Gasteiger partial charge on any atom is -0.373 e. The van der Waals surface area contributed by atoms with Crippen LogP contribution in [0.1, 0.15) is 13.3 Å². The van der Waals surface area contributed by atoms with Crippen molar-refractivity contribution in [2.45, 2.75) is 19.6 Å². The number of hydrogen-bond donors (Lipinski definition) is 0. The zero-order valence-electron chi connectivity index (χ0n) is 7.83. The lowest BCUT2D eigenvalue weighted by atomic mass is 10.4. The largest absolute Gasteiger partial charge is 0.373 e. The molecule has 0 atom stereocenters. The van der Waals surface area contributed by atoms with Crippen LogP contribution < -0.4 is 0 Å². The number of Topliss-reactive ketones (excluding diaryl/α,β-unsaturated/α-hetero) is 1. The quantitative estimate of drug-likeness (QED) is 0.421. The molecule has 0 amide bonds. The minimum absolute atomic E-state index is 0.0557. The van der Waals surface area contributed by atoms with E-state index in [-0.39, 0.29) is 12.4 Å². The van der Waals surface area contributed by atoms with Gasteiger partial charge in [0.15, 0.2) is 0 Å². The zero-order valence-corrected chi connectivity index (χ0v) is 7.83. The first-order valence-electron chi connectivity index (χ1n) is 3.92. The van der Waals surface area contributed by atoms with Crippen molar-refractivity contribution in [3.63, 3.8) is 0 Å². The van der Waals surface area contributed by atoms with Crippen LogP contribution in [-0.4, -0.2) is 39.5 Å². The van der Waals surface area contributed by atoms with E-state index < -0.39 is 6.29 Å². The normalized spacial score (nSPS) is 10.7. The van der Waals surface area contributed by atoms with Gasteiger partial charge < -0.3 is 14.2 Å². The number of rotatable bonds is 7. The third kappa shape index (κ3) is 4.43. The molecule has 0 aromatic rings. The van der Waals surface area contributed by atoms with Crippen molar-refractivity contribution in [1.82, 2.24) is 0 Å². The van der Waals surface area contributed by atoms with Gasteiger partial charge in [0.05, 0.1) is 0 Å². The molecule has 4 nitrogen and oxygen atoms in total. The molecule has 0 fully saturated rings. The number of ether oxygens (including phenoxy) is 3. The lowest BCUT2D eigenvalue weighted by Crippen LogP contribution is -2.28. The van der Waals surface area contributed by atoms with E-state index in [4.69, 9.17) is 14.2 Å². The van der Waals surface area contributed by atoms with Gasteiger partial charge in [0.25, 0.3) is 0 Å². The van der Waals surface area contributed by atoms with Gasteiger partial charge in [-0.25, -0.2) is 0 Å². The molecule has 0 radical (unpaired) electrons. The third-order valence-corrected chi connectivity index (χ3v) is 1.28. The number of methoxy groups -OCH3 is 2. The van der Waals surface area contributed by atoms with Crippen LogP contribution in [0.15, 0.2) is 0 Å². The highest BCUT2D eigenvalue weighted by molar-refractivity contribution is 5.82. The second-order valence-corrected chi connectivity index (χ2v) is 2.32. The van der Waals surface area contributed by atoms with Crippen molar-refractivity contribution in [2.24, 2.45) is 0 Å². The first kappa shape index (κ1) is 11.6. The number of ketones is 1. The average molecular weight is 176 g/mol. The Morgan fingerprint density at radius 3 is 2.33 bits per heavy atom. The fourth-order valence-corrected chi connectivity index (χ4v) is 0.744. The molecule has 0 saturated carbocycles. The van der Waals surface area contributed by atoms with Crippen molar-refractivity contribution in [3.05, 3.63) is 0 Å². The van der Waals surface area contributed by atoms with Crippen molar-refractivity contribution < 1.29 is 19.0 Å². The van der Waals surface area contributed by atoms with Crippen LogP contribution in [0.3, 0.4) is 0 Å². The summed E-state index contributed by atoms with van der Waals surface area (Å²) in [6.45, 7) is 2.63. The van der Waals surface area contributed by atoms with Crippen LogP contribution in [0, 0.1) is 0 Å². The first-order valence-corrected chi connectivity index (χ1v) is 3.92. The van der Waals surface area contributed by atoms with Gasteiger partial charge in [-0.2, -0.15) is 0 Å². The molecule has 72 valence electrons. The second-order valence-electron chi connectivity index (χ2n) is 2.32. The monoisotopic (exact) mass is 176 g/mol. The van der Waals surface area contributed by atoms with E-state index in [1.807, 2.05) is 6.92 Å². The molecule has 0 N–H and O–H groups in total. The van der Waals surface area contributed by atoms with Crippen LogP contribution in [-0.2, 0) is 19.0 Å². The van der Waals surface area contributed by atoms with Crippen molar-refractivity contribution in [2.75, 3.05) is 27.4 Å². The van der Waals surface area contributed by atoms with Crippen molar-refractivity contribution in [1.29, 1.82) is 0 Å². The summed E-state index contributed by atoms with van der Waals surface area (Å²) in [7, 11) is 2.85. The average Bonchev–Trinajstić information content (AvgIpc) is 2.07. The lowest BCUT2D eigenvalue weighted by molar-refractivity contribution is -0.161. The first-order chi connectivity index (χ1) is 5.76. The Kier molecular flexibility index (Phi) is 6.94. The van der Waals surface area contributed by atoms with Gasteiger partial charge in [0.2, 0.25) is 12.1 Å². The summed E-state index contributed by atoms with van der Waals surface area (Å²) in [5.41, 5.74) is 0. The summed E-state index contributed by atoms with van der Waals surface area (Å²) in [6.07, 6.45) is 0.111. The molecule has 0 aromatic carbocycles. The van der Waals surface area contributed by atoms with E-state index in [0.717, 1.165) is 6.42 Å². The van der Waals surface area contributed by atoms with Gasteiger partial charge >= 0.3 is 0 Å². The van der Waals surface area contributed by atoms with E-state index in [0.29, 0.717) is 6.61 Å². The Labute approximate surface area is 72.8 Å². The highest BCUT2D eigenvalue weighted by Crippen LogP contribution is 1.94.